The Kier molecular flexibility index (Phi) is 5.82. The number of nitrogens with zero attached hydrogens (tertiary/aromatic N) is 1. The summed E-state index contributed by atoms with van der Waals surface area (Å²) in [5, 5.41) is 3.04. The van der Waals surface area contributed by atoms with E-state index >= 15 is 0 Å². The Morgan fingerprint density at radius 3 is 2.35 bits per heavy atom. The molecule has 1 aromatic carbocycles. The minimum atomic E-state index is -4.67. The van der Waals surface area contributed by atoms with Gasteiger partial charge < -0.3 is 15.0 Å². The van der Waals surface area contributed by atoms with Gasteiger partial charge in [0.15, 0.2) is 0 Å². The number of carbonyl (C=O) groups is 1. The molecule has 112 valence electrons. The molecule has 0 saturated carbocycles. The van der Waals surface area contributed by atoms with Crippen molar-refractivity contribution in [1.82, 2.24) is 10.2 Å². The molecule has 0 heterocycles. The Morgan fingerprint density at radius 1 is 1.25 bits per heavy atom. The molecule has 1 rings (SSSR count). The maximum Gasteiger partial charge on any atom is 0.573 e. The van der Waals surface area contributed by atoms with Crippen LogP contribution in [0.5, 0.6) is 5.75 Å². The second kappa shape index (κ2) is 7.14. The lowest BCUT2D eigenvalue weighted by Crippen LogP contribution is -2.26. The van der Waals surface area contributed by atoms with Crippen molar-refractivity contribution in [2.75, 3.05) is 20.6 Å². The van der Waals surface area contributed by atoms with Gasteiger partial charge in [-0.2, -0.15) is 0 Å². The number of halogens is 3. The van der Waals surface area contributed by atoms with Crippen LogP contribution >= 0.6 is 0 Å². The van der Waals surface area contributed by atoms with Crippen LogP contribution in [0, 0.1) is 0 Å². The molecule has 0 unspecified atom stereocenters. The maximum atomic E-state index is 12.0. The summed E-state index contributed by atoms with van der Waals surface area (Å²) in [6, 6.07) is 5.61. The van der Waals surface area contributed by atoms with E-state index in [-0.39, 0.29) is 11.7 Å². The van der Waals surface area contributed by atoms with Crippen LogP contribution in [0.25, 0.3) is 0 Å². The molecule has 0 aliphatic carbocycles. The van der Waals surface area contributed by atoms with Crippen molar-refractivity contribution in [3.8, 4) is 5.75 Å². The average Bonchev–Trinajstić information content (AvgIpc) is 2.34. The summed E-state index contributed by atoms with van der Waals surface area (Å²) < 4.78 is 39.7. The van der Waals surface area contributed by atoms with Gasteiger partial charge in [-0.25, -0.2) is 0 Å². The van der Waals surface area contributed by atoms with E-state index in [9.17, 15) is 18.0 Å². The molecule has 1 amide bonds. The number of carbonyl (C=O) groups excluding carboxylic acids is 1. The number of benzene rings is 1. The second-order valence-corrected chi connectivity index (χ2v) is 4.41. The zero-order valence-corrected chi connectivity index (χ0v) is 11.3. The first kappa shape index (κ1) is 16.3. The summed E-state index contributed by atoms with van der Waals surface area (Å²) in [5.74, 6) is -0.226. The van der Waals surface area contributed by atoms with Gasteiger partial charge in [-0.15, -0.1) is 13.2 Å². The molecule has 4 nitrogen and oxygen atoms in total. The van der Waals surface area contributed by atoms with Crippen molar-refractivity contribution in [1.29, 1.82) is 0 Å². The van der Waals surface area contributed by atoms with Crippen LogP contribution in [-0.4, -0.2) is 37.8 Å². The standard InChI is InChI=1S/C13H17F3N2O2/c1-18(2)12(19)7-8-17-9-10-3-5-11(6-4-10)20-13(14,15)16/h3-6,17H,7-9H2,1-2H3. The number of amides is 1. The quantitative estimate of drug-likeness (QED) is 0.816. The zero-order valence-electron chi connectivity index (χ0n) is 11.3. The van der Waals surface area contributed by atoms with Gasteiger partial charge in [0, 0.05) is 33.6 Å². The number of alkyl halides is 3. The van der Waals surface area contributed by atoms with Crippen LogP contribution in [0.1, 0.15) is 12.0 Å². The lowest BCUT2D eigenvalue weighted by atomic mass is 10.2. The predicted octanol–water partition coefficient (Wildman–Crippen LogP) is 2.15. The molecular formula is C13H17F3N2O2. The summed E-state index contributed by atoms with van der Waals surface area (Å²) in [5.41, 5.74) is 0.817. The van der Waals surface area contributed by atoms with Crippen molar-refractivity contribution in [2.24, 2.45) is 0 Å². The monoisotopic (exact) mass is 290 g/mol. The van der Waals surface area contributed by atoms with Gasteiger partial charge in [-0.1, -0.05) is 12.1 Å². The summed E-state index contributed by atoms with van der Waals surface area (Å²) in [6.07, 6.45) is -4.30. The summed E-state index contributed by atoms with van der Waals surface area (Å²) in [6.45, 7) is 0.991. The van der Waals surface area contributed by atoms with E-state index in [1.54, 1.807) is 26.2 Å². The van der Waals surface area contributed by atoms with E-state index in [0.717, 1.165) is 5.56 Å². The smallest absolute Gasteiger partial charge is 0.406 e. The Morgan fingerprint density at radius 2 is 1.85 bits per heavy atom. The Labute approximate surface area is 115 Å². The number of ether oxygens (including phenoxy) is 1. The van der Waals surface area contributed by atoms with Gasteiger partial charge in [-0.05, 0) is 17.7 Å². The first-order valence-electron chi connectivity index (χ1n) is 6.03. The Balaban J connectivity index is 2.33. The highest BCUT2D eigenvalue weighted by Crippen LogP contribution is 2.22. The van der Waals surface area contributed by atoms with E-state index in [1.807, 2.05) is 0 Å². The van der Waals surface area contributed by atoms with Crippen molar-refractivity contribution in [3.05, 3.63) is 29.8 Å². The normalized spacial score (nSPS) is 11.2. The Hall–Kier alpha value is -1.76. The maximum absolute atomic E-state index is 12.0. The summed E-state index contributed by atoms with van der Waals surface area (Å²) >= 11 is 0. The van der Waals surface area contributed by atoms with E-state index in [0.29, 0.717) is 19.5 Å². The van der Waals surface area contributed by atoms with Crippen LogP contribution in [-0.2, 0) is 11.3 Å². The van der Waals surface area contributed by atoms with Gasteiger partial charge >= 0.3 is 6.36 Å². The third-order valence-corrected chi connectivity index (χ3v) is 2.50. The number of nitrogens with one attached hydrogen (secondary N) is 1. The number of rotatable bonds is 6. The fourth-order valence-corrected chi connectivity index (χ4v) is 1.46. The number of hydrogen-bond acceptors (Lipinski definition) is 3. The highest BCUT2D eigenvalue weighted by atomic mass is 19.4. The van der Waals surface area contributed by atoms with Gasteiger partial charge in [0.1, 0.15) is 5.75 Å². The van der Waals surface area contributed by atoms with Crippen LogP contribution in [0.15, 0.2) is 24.3 Å². The average molecular weight is 290 g/mol. The first-order valence-corrected chi connectivity index (χ1v) is 6.03. The topological polar surface area (TPSA) is 41.6 Å². The van der Waals surface area contributed by atoms with Crippen LogP contribution in [0.2, 0.25) is 0 Å². The van der Waals surface area contributed by atoms with Crippen molar-refractivity contribution >= 4 is 5.91 Å². The molecular weight excluding hydrogens is 273 g/mol. The van der Waals surface area contributed by atoms with Crippen molar-refractivity contribution in [3.63, 3.8) is 0 Å². The second-order valence-electron chi connectivity index (χ2n) is 4.41. The highest BCUT2D eigenvalue weighted by molar-refractivity contribution is 5.75. The fourth-order valence-electron chi connectivity index (χ4n) is 1.46. The zero-order chi connectivity index (χ0) is 15.2. The minimum absolute atomic E-state index is 0.0198. The highest BCUT2D eigenvalue weighted by Gasteiger charge is 2.30. The third-order valence-electron chi connectivity index (χ3n) is 2.50. The van der Waals surface area contributed by atoms with E-state index in [1.165, 1.54) is 17.0 Å². The van der Waals surface area contributed by atoms with Crippen molar-refractivity contribution < 1.29 is 22.7 Å². The van der Waals surface area contributed by atoms with Gasteiger partial charge in [0.25, 0.3) is 0 Å². The van der Waals surface area contributed by atoms with E-state index in [4.69, 9.17) is 0 Å². The number of hydrogen-bond donors (Lipinski definition) is 1. The molecule has 1 aromatic rings. The first-order chi connectivity index (χ1) is 9.28. The summed E-state index contributed by atoms with van der Waals surface area (Å²) in [7, 11) is 3.36. The molecule has 0 spiro atoms. The van der Waals surface area contributed by atoms with Gasteiger partial charge in [0.05, 0.1) is 0 Å². The summed E-state index contributed by atoms with van der Waals surface area (Å²) in [4.78, 5) is 12.8. The molecule has 20 heavy (non-hydrogen) atoms. The minimum Gasteiger partial charge on any atom is -0.406 e. The van der Waals surface area contributed by atoms with Gasteiger partial charge in [-0.3, -0.25) is 4.79 Å². The molecule has 7 heteroatoms. The van der Waals surface area contributed by atoms with Crippen molar-refractivity contribution in [2.45, 2.75) is 19.3 Å². The van der Waals surface area contributed by atoms with Gasteiger partial charge in [0.2, 0.25) is 5.91 Å². The fraction of sp³-hybridized carbons (Fsp3) is 0.462. The lowest BCUT2D eigenvalue weighted by Gasteiger charge is -2.11. The molecule has 0 fully saturated rings. The van der Waals surface area contributed by atoms with Crippen LogP contribution in [0.3, 0.4) is 0 Å². The Bertz CT molecular complexity index is 430. The molecule has 0 bridgehead atoms. The molecule has 0 aliphatic rings. The largest absolute Gasteiger partial charge is 0.573 e. The molecule has 0 saturated heterocycles. The molecule has 0 aliphatic heterocycles. The van der Waals surface area contributed by atoms with E-state index in [2.05, 4.69) is 10.1 Å². The lowest BCUT2D eigenvalue weighted by molar-refractivity contribution is -0.274. The SMILES string of the molecule is CN(C)C(=O)CCNCc1ccc(OC(F)(F)F)cc1. The van der Waals surface area contributed by atoms with E-state index < -0.39 is 6.36 Å². The molecule has 0 atom stereocenters. The van der Waals surface area contributed by atoms with Crippen LogP contribution < -0.4 is 10.1 Å². The molecule has 0 aromatic heterocycles. The van der Waals surface area contributed by atoms with Crippen LogP contribution in [0.4, 0.5) is 13.2 Å². The third kappa shape index (κ3) is 6.42. The molecule has 0 radical (unpaired) electrons. The molecule has 1 N–H and O–H groups in total. The predicted molar refractivity (Wildman–Crippen MR) is 68.1 cm³/mol.